The maximum atomic E-state index is 12.7. The van der Waals surface area contributed by atoms with E-state index in [-0.39, 0.29) is 5.57 Å². The van der Waals surface area contributed by atoms with Crippen LogP contribution in [0.2, 0.25) is 5.02 Å². The number of benzene rings is 2. The van der Waals surface area contributed by atoms with Gasteiger partial charge in [-0.1, -0.05) is 23.7 Å². The fraction of sp³-hybridized carbons (Fsp3) is 0.190. The van der Waals surface area contributed by atoms with E-state index in [1.54, 1.807) is 36.4 Å². The van der Waals surface area contributed by atoms with Gasteiger partial charge in [-0.15, -0.1) is 0 Å². The minimum Gasteiger partial charge on any atom is -0.378 e. The summed E-state index contributed by atoms with van der Waals surface area (Å²) in [5.41, 5.74) is 2.49. The van der Waals surface area contributed by atoms with E-state index < -0.39 is 5.91 Å². The van der Waals surface area contributed by atoms with Crippen molar-refractivity contribution in [1.82, 2.24) is 0 Å². The number of halogens is 1. The normalized spacial score (nSPS) is 14.1. The molecular weight excluding hydrogens is 376 g/mol. The van der Waals surface area contributed by atoms with Gasteiger partial charge in [-0.25, -0.2) is 0 Å². The highest BCUT2D eigenvalue weighted by atomic mass is 35.5. The van der Waals surface area contributed by atoms with Crippen LogP contribution in [0.25, 0.3) is 6.08 Å². The Kier molecular flexibility index (Phi) is 6.29. The fourth-order valence-corrected chi connectivity index (χ4v) is 3.02. The van der Waals surface area contributed by atoms with Gasteiger partial charge in [0.15, 0.2) is 0 Å². The molecule has 1 heterocycles. The van der Waals surface area contributed by atoms with Crippen LogP contribution in [0, 0.1) is 22.7 Å². The lowest BCUT2D eigenvalue weighted by Crippen LogP contribution is -2.36. The molecule has 7 heteroatoms. The van der Waals surface area contributed by atoms with Gasteiger partial charge in [0.2, 0.25) is 0 Å². The van der Waals surface area contributed by atoms with E-state index in [2.05, 4.69) is 10.2 Å². The third-order valence-electron chi connectivity index (χ3n) is 4.27. The number of nitrogens with one attached hydrogen (secondary N) is 1. The molecule has 3 rings (SSSR count). The van der Waals surface area contributed by atoms with E-state index in [1.807, 2.05) is 18.2 Å². The van der Waals surface area contributed by atoms with E-state index in [0.29, 0.717) is 48.1 Å². The molecule has 0 unspecified atom stereocenters. The van der Waals surface area contributed by atoms with E-state index in [4.69, 9.17) is 21.6 Å². The maximum Gasteiger partial charge on any atom is 0.266 e. The van der Waals surface area contributed by atoms with Gasteiger partial charge in [0.25, 0.3) is 5.91 Å². The molecule has 6 nitrogen and oxygen atoms in total. The molecule has 28 heavy (non-hydrogen) atoms. The molecule has 1 fully saturated rings. The highest BCUT2D eigenvalue weighted by Crippen LogP contribution is 2.30. The molecule has 0 radical (unpaired) electrons. The Morgan fingerprint density at radius 3 is 2.50 bits per heavy atom. The summed E-state index contributed by atoms with van der Waals surface area (Å²) in [6, 6.07) is 15.9. The van der Waals surface area contributed by atoms with Crippen LogP contribution in [-0.4, -0.2) is 32.2 Å². The predicted molar refractivity (Wildman–Crippen MR) is 108 cm³/mol. The van der Waals surface area contributed by atoms with Crippen molar-refractivity contribution in [3.63, 3.8) is 0 Å². The number of hydrogen-bond acceptors (Lipinski definition) is 5. The summed E-state index contributed by atoms with van der Waals surface area (Å²) in [7, 11) is 0. The molecule has 1 aliphatic heterocycles. The molecule has 2 aromatic carbocycles. The number of hydrogen-bond donors (Lipinski definition) is 1. The number of morpholine rings is 1. The second kappa shape index (κ2) is 9.05. The number of carbonyl (C=O) groups excluding carboxylic acids is 1. The standard InChI is InChI=1S/C21H17ClN4O2/c22-18-5-6-20(26-7-9-28-10-8-26)19(12-18)25-21(27)17(14-24)11-15-1-3-16(13-23)4-2-15/h1-6,11-12H,7-10H2,(H,25,27)/b17-11-. The molecule has 0 aliphatic carbocycles. The summed E-state index contributed by atoms with van der Waals surface area (Å²) < 4.78 is 5.38. The van der Waals surface area contributed by atoms with Gasteiger partial charge in [-0.05, 0) is 42.0 Å². The van der Waals surface area contributed by atoms with Crippen molar-refractivity contribution >= 4 is 35.0 Å². The molecule has 1 amide bonds. The first-order valence-corrected chi connectivity index (χ1v) is 9.04. The first-order chi connectivity index (χ1) is 13.6. The number of carbonyl (C=O) groups is 1. The third kappa shape index (κ3) is 4.69. The van der Waals surface area contributed by atoms with E-state index in [9.17, 15) is 10.1 Å². The summed E-state index contributed by atoms with van der Waals surface area (Å²) in [4.78, 5) is 14.8. The van der Waals surface area contributed by atoms with Crippen molar-refractivity contribution in [2.75, 3.05) is 36.5 Å². The first kappa shape index (κ1) is 19.4. The molecule has 1 saturated heterocycles. The number of ether oxygens (including phenoxy) is 1. The van der Waals surface area contributed by atoms with Gasteiger partial charge in [-0.2, -0.15) is 10.5 Å². The van der Waals surface area contributed by atoms with Crippen molar-refractivity contribution in [2.24, 2.45) is 0 Å². The zero-order chi connectivity index (χ0) is 19.9. The van der Waals surface area contributed by atoms with Gasteiger partial charge in [0.1, 0.15) is 11.6 Å². The smallest absolute Gasteiger partial charge is 0.266 e. The van der Waals surface area contributed by atoms with Crippen LogP contribution in [0.4, 0.5) is 11.4 Å². The predicted octanol–water partition coefficient (Wildman–Crippen LogP) is 3.59. The summed E-state index contributed by atoms with van der Waals surface area (Å²) in [6.07, 6.45) is 1.48. The zero-order valence-corrected chi connectivity index (χ0v) is 15.7. The molecule has 0 aromatic heterocycles. The van der Waals surface area contributed by atoms with Gasteiger partial charge < -0.3 is 15.0 Å². The van der Waals surface area contributed by atoms with Gasteiger partial charge in [-0.3, -0.25) is 4.79 Å². The quantitative estimate of drug-likeness (QED) is 0.634. The lowest BCUT2D eigenvalue weighted by Gasteiger charge is -2.30. The summed E-state index contributed by atoms with van der Waals surface area (Å²) >= 11 is 6.11. The van der Waals surface area contributed by atoms with Gasteiger partial charge >= 0.3 is 0 Å². The second-order valence-electron chi connectivity index (χ2n) is 6.12. The van der Waals surface area contributed by atoms with Gasteiger partial charge in [0, 0.05) is 18.1 Å². The molecule has 2 aromatic rings. The highest BCUT2D eigenvalue weighted by molar-refractivity contribution is 6.31. The van der Waals surface area contributed by atoms with Crippen LogP contribution in [0.3, 0.4) is 0 Å². The monoisotopic (exact) mass is 392 g/mol. The second-order valence-corrected chi connectivity index (χ2v) is 6.56. The molecule has 140 valence electrons. The Bertz CT molecular complexity index is 981. The van der Waals surface area contributed by atoms with Crippen molar-refractivity contribution in [3.05, 3.63) is 64.2 Å². The third-order valence-corrected chi connectivity index (χ3v) is 4.51. The van der Waals surface area contributed by atoms with E-state index in [1.165, 1.54) is 6.08 Å². The molecule has 1 aliphatic rings. The van der Waals surface area contributed by atoms with Gasteiger partial charge in [0.05, 0.1) is 36.2 Å². The number of anilines is 2. The molecule has 0 bridgehead atoms. The Morgan fingerprint density at radius 2 is 1.86 bits per heavy atom. The Morgan fingerprint density at radius 1 is 1.14 bits per heavy atom. The molecule has 0 atom stereocenters. The largest absolute Gasteiger partial charge is 0.378 e. The number of nitriles is 2. The fourth-order valence-electron chi connectivity index (χ4n) is 2.85. The number of amides is 1. The molecule has 0 spiro atoms. The summed E-state index contributed by atoms with van der Waals surface area (Å²) in [6.45, 7) is 2.63. The van der Waals surface area contributed by atoms with Crippen molar-refractivity contribution < 1.29 is 9.53 Å². The van der Waals surface area contributed by atoms with Crippen LogP contribution in [0.5, 0.6) is 0 Å². The van der Waals surface area contributed by atoms with E-state index >= 15 is 0 Å². The van der Waals surface area contributed by atoms with Crippen molar-refractivity contribution in [1.29, 1.82) is 10.5 Å². The summed E-state index contributed by atoms with van der Waals surface area (Å²) in [5.74, 6) is -0.524. The minimum atomic E-state index is -0.524. The Balaban J connectivity index is 1.84. The highest BCUT2D eigenvalue weighted by Gasteiger charge is 2.18. The van der Waals surface area contributed by atoms with Crippen LogP contribution in [0.1, 0.15) is 11.1 Å². The summed E-state index contributed by atoms with van der Waals surface area (Å²) in [5, 5.41) is 21.6. The van der Waals surface area contributed by atoms with Crippen LogP contribution >= 0.6 is 11.6 Å². The average molecular weight is 393 g/mol. The topological polar surface area (TPSA) is 89.2 Å². The average Bonchev–Trinajstić information content (AvgIpc) is 2.73. The lowest BCUT2D eigenvalue weighted by atomic mass is 10.1. The molecule has 0 saturated carbocycles. The zero-order valence-electron chi connectivity index (χ0n) is 15.0. The van der Waals surface area contributed by atoms with Crippen molar-refractivity contribution in [3.8, 4) is 12.1 Å². The lowest BCUT2D eigenvalue weighted by molar-refractivity contribution is -0.112. The number of nitrogens with zero attached hydrogens (tertiary/aromatic N) is 3. The van der Waals surface area contributed by atoms with Crippen LogP contribution < -0.4 is 10.2 Å². The van der Waals surface area contributed by atoms with E-state index in [0.717, 1.165) is 5.69 Å². The SMILES string of the molecule is N#C/C(=C/c1ccc(C#N)cc1)C(=O)Nc1cc(Cl)ccc1N1CCOCC1. The number of rotatable bonds is 4. The minimum absolute atomic E-state index is 0.0439. The van der Waals surface area contributed by atoms with Crippen molar-refractivity contribution in [2.45, 2.75) is 0 Å². The Labute approximate surface area is 168 Å². The van der Waals surface area contributed by atoms with Crippen LogP contribution in [-0.2, 0) is 9.53 Å². The maximum absolute atomic E-state index is 12.7. The first-order valence-electron chi connectivity index (χ1n) is 8.66. The van der Waals surface area contributed by atoms with Crippen LogP contribution in [0.15, 0.2) is 48.0 Å². The molecule has 1 N–H and O–H groups in total. The molecular formula is C21H17ClN4O2. The Hall–Kier alpha value is -3.32.